The average molecular weight is 256 g/mol. The Morgan fingerprint density at radius 1 is 1.44 bits per heavy atom. The third kappa shape index (κ3) is 2.37. The largest absolute Gasteiger partial charge is 0.573 e. The molecule has 0 aromatic heterocycles. The van der Waals surface area contributed by atoms with Crippen molar-refractivity contribution >= 4 is 5.91 Å². The van der Waals surface area contributed by atoms with Gasteiger partial charge in [-0.25, -0.2) is 0 Å². The van der Waals surface area contributed by atoms with Crippen LogP contribution in [0.5, 0.6) is 5.75 Å². The van der Waals surface area contributed by atoms with E-state index in [1.165, 1.54) is 11.0 Å². The van der Waals surface area contributed by atoms with Gasteiger partial charge in [0.1, 0.15) is 12.3 Å². The van der Waals surface area contributed by atoms with Gasteiger partial charge < -0.3 is 9.64 Å². The molecule has 0 aliphatic carbocycles. The lowest BCUT2D eigenvalue weighted by Gasteiger charge is -2.09. The lowest BCUT2D eigenvalue weighted by Crippen LogP contribution is -2.24. The van der Waals surface area contributed by atoms with Gasteiger partial charge in [0.15, 0.2) is 0 Å². The summed E-state index contributed by atoms with van der Waals surface area (Å²) in [5, 5.41) is 8.51. The Kier molecular flexibility index (Phi) is 2.87. The molecule has 18 heavy (non-hydrogen) atoms. The summed E-state index contributed by atoms with van der Waals surface area (Å²) in [7, 11) is 0. The van der Waals surface area contributed by atoms with Crippen LogP contribution in [-0.2, 0) is 6.54 Å². The molecule has 2 rings (SSSR count). The van der Waals surface area contributed by atoms with Gasteiger partial charge in [0.05, 0.1) is 6.07 Å². The maximum Gasteiger partial charge on any atom is 0.573 e. The lowest BCUT2D eigenvalue weighted by molar-refractivity contribution is -0.274. The fraction of sp³-hybridized carbons (Fsp3) is 0.273. The Hall–Kier alpha value is -2.23. The van der Waals surface area contributed by atoms with Crippen molar-refractivity contribution in [1.29, 1.82) is 5.26 Å². The van der Waals surface area contributed by atoms with Crippen molar-refractivity contribution in [2.24, 2.45) is 0 Å². The summed E-state index contributed by atoms with van der Waals surface area (Å²) in [6, 6.07) is 5.41. The normalized spacial score (nSPS) is 14.3. The minimum atomic E-state index is -4.79. The first-order valence-corrected chi connectivity index (χ1v) is 4.95. The fourth-order valence-electron chi connectivity index (χ4n) is 1.75. The highest BCUT2D eigenvalue weighted by molar-refractivity contribution is 5.98. The van der Waals surface area contributed by atoms with Gasteiger partial charge >= 0.3 is 6.36 Å². The Balaban J connectivity index is 2.26. The number of carbonyl (C=O) groups excluding carboxylic acids is 1. The summed E-state index contributed by atoms with van der Waals surface area (Å²) < 4.78 is 39.8. The number of fused-ring (bicyclic) bond motifs is 1. The molecule has 0 bridgehead atoms. The van der Waals surface area contributed by atoms with Crippen molar-refractivity contribution in [3.63, 3.8) is 0 Å². The van der Waals surface area contributed by atoms with E-state index in [4.69, 9.17) is 5.26 Å². The molecular weight excluding hydrogens is 249 g/mol. The number of nitrogens with zero attached hydrogens (tertiary/aromatic N) is 2. The van der Waals surface area contributed by atoms with Crippen molar-refractivity contribution in [3.8, 4) is 11.8 Å². The van der Waals surface area contributed by atoms with Crippen molar-refractivity contribution in [2.45, 2.75) is 12.9 Å². The van der Waals surface area contributed by atoms with Crippen LogP contribution in [-0.4, -0.2) is 23.7 Å². The van der Waals surface area contributed by atoms with Crippen molar-refractivity contribution in [3.05, 3.63) is 29.3 Å². The Labute approximate surface area is 100 Å². The Bertz CT molecular complexity index is 534. The van der Waals surface area contributed by atoms with Crippen LogP contribution < -0.4 is 4.74 Å². The molecule has 7 heteroatoms. The van der Waals surface area contributed by atoms with E-state index in [9.17, 15) is 18.0 Å². The Morgan fingerprint density at radius 2 is 2.17 bits per heavy atom. The molecule has 0 atom stereocenters. The average Bonchev–Trinajstić information content (AvgIpc) is 2.55. The number of alkyl halides is 3. The predicted octanol–water partition coefficient (Wildman–Crippen LogP) is 2.06. The highest BCUT2D eigenvalue weighted by Gasteiger charge is 2.33. The molecule has 1 amide bonds. The second-order valence-electron chi connectivity index (χ2n) is 3.69. The standard InChI is InChI=1S/C11H7F3N2O2/c12-11(13,14)18-8-2-1-7-6-16(4-3-15)10(17)9(7)5-8/h1-2,5H,4,6H2. The van der Waals surface area contributed by atoms with Crippen LogP contribution in [0, 0.1) is 11.3 Å². The van der Waals surface area contributed by atoms with Crippen LogP contribution in [0.15, 0.2) is 18.2 Å². The summed E-state index contributed by atoms with van der Waals surface area (Å²) in [5.74, 6) is -0.896. The number of halogens is 3. The van der Waals surface area contributed by atoms with Gasteiger partial charge in [-0.15, -0.1) is 13.2 Å². The summed E-state index contributed by atoms with van der Waals surface area (Å²) in [6.07, 6.45) is -4.79. The van der Waals surface area contributed by atoms with Gasteiger partial charge in [-0.2, -0.15) is 5.26 Å². The van der Waals surface area contributed by atoms with E-state index in [1.807, 2.05) is 6.07 Å². The fourth-order valence-corrected chi connectivity index (χ4v) is 1.75. The maximum atomic E-state index is 12.0. The molecule has 0 radical (unpaired) electrons. The topological polar surface area (TPSA) is 53.3 Å². The molecule has 0 N–H and O–H groups in total. The molecule has 0 fully saturated rings. The number of amides is 1. The van der Waals surface area contributed by atoms with Crippen LogP contribution >= 0.6 is 0 Å². The van der Waals surface area contributed by atoms with Crippen molar-refractivity contribution in [1.82, 2.24) is 4.90 Å². The summed E-state index contributed by atoms with van der Waals surface area (Å²) in [5.41, 5.74) is 0.733. The number of rotatable bonds is 2. The zero-order valence-corrected chi connectivity index (χ0v) is 8.99. The van der Waals surface area contributed by atoms with E-state index in [0.29, 0.717) is 5.56 Å². The molecular formula is C11H7F3N2O2. The number of hydrogen-bond acceptors (Lipinski definition) is 3. The van der Waals surface area contributed by atoms with Gasteiger partial charge in [0.25, 0.3) is 5.91 Å². The van der Waals surface area contributed by atoms with Gasteiger partial charge in [-0.1, -0.05) is 6.07 Å². The van der Waals surface area contributed by atoms with Crippen molar-refractivity contribution in [2.75, 3.05) is 6.54 Å². The van der Waals surface area contributed by atoms with E-state index in [2.05, 4.69) is 4.74 Å². The predicted molar refractivity (Wildman–Crippen MR) is 53.5 cm³/mol. The zero-order chi connectivity index (χ0) is 13.3. The highest BCUT2D eigenvalue weighted by atomic mass is 19.4. The summed E-state index contributed by atoms with van der Waals surface area (Å²) in [6.45, 7) is 0.136. The molecule has 1 heterocycles. The van der Waals surface area contributed by atoms with Gasteiger partial charge in [0.2, 0.25) is 0 Å². The van der Waals surface area contributed by atoms with Crippen LogP contribution in [0.4, 0.5) is 13.2 Å². The molecule has 0 unspecified atom stereocenters. The molecule has 0 saturated carbocycles. The number of nitriles is 1. The van der Waals surface area contributed by atoms with Gasteiger partial charge in [-0.05, 0) is 17.7 Å². The monoisotopic (exact) mass is 256 g/mol. The van der Waals surface area contributed by atoms with E-state index in [0.717, 1.165) is 12.1 Å². The molecule has 1 aromatic rings. The molecule has 4 nitrogen and oxygen atoms in total. The van der Waals surface area contributed by atoms with Gasteiger partial charge in [0, 0.05) is 12.1 Å². The van der Waals surface area contributed by atoms with Crippen LogP contribution in [0.1, 0.15) is 15.9 Å². The van der Waals surface area contributed by atoms with E-state index in [-0.39, 0.29) is 18.7 Å². The second kappa shape index (κ2) is 4.22. The number of benzene rings is 1. The number of ether oxygens (including phenoxy) is 1. The van der Waals surface area contributed by atoms with Gasteiger partial charge in [-0.3, -0.25) is 4.79 Å². The zero-order valence-electron chi connectivity index (χ0n) is 8.99. The number of carbonyl (C=O) groups is 1. The summed E-state index contributed by atoms with van der Waals surface area (Å²) >= 11 is 0. The van der Waals surface area contributed by atoms with E-state index >= 15 is 0 Å². The smallest absolute Gasteiger partial charge is 0.406 e. The molecule has 1 aromatic carbocycles. The third-order valence-corrected chi connectivity index (χ3v) is 2.46. The first-order chi connectivity index (χ1) is 8.40. The quantitative estimate of drug-likeness (QED) is 0.761. The molecule has 0 spiro atoms. The molecule has 1 aliphatic rings. The summed E-state index contributed by atoms with van der Waals surface area (Å²) in [4.78, 5) is 13.0. The first kappa shape index (κ1) is 12.2. The third-order valence-electron chi connectivity index (χ3n) is 2.46. The molecule has 0 saturated heterocycles. The lowest BCUT2D eigenvalue weighted by atomic mass is 10.1. The minimum absolute atomic E-state index is 0.0943. The van der Waals surface area contributed by atoms with E-state index in [1.54, 1.807) is 0 Å². The number of hydrogen-bond donors (Lipinski definition) is 0. The first-order valence-electron chi connectivity index (χ1n) is 4.95. The minimum Gasteiger partial charge on any atom is -0.406 e. The van der Waals surface area contributed by atoms with Crippen molar-refractivity contribution < 1.29 is 22.7 Å². The van der Waals surface area contributed by atoms with Crippen LogP contribution in [0.25, 0.3) is 0 Å². The second-order valence-corrected chi connectivity index (χ2v) is 3.69. The highest BCUT2D eigenvalue weighted by Crippen LogP contribution is 2.29. The molecule has 1 aliphatic heterocycles. The maximum absolute atomic E-state index is 12.0. The van der Waals surface area contributed by atoms with E-state index < -0.39 is 18.0 Å². The molecule has 94 valence electrons. The Morgan fingerprint density at radius 3 is 2.78 bits per heavy atom. The van der Waals surface area contributed by atoms with Crippen LogP contribution in [0.3, 0.4) is 0 Å². The SMILES string of the molecule is N#CCN1Cc2ccc(OC(F)(F)F)cc2C1=O. The van der Waals surface area contributed by atoms with Crippen LogP contribution in [0.2, 0.25) is 0 Å².